The molecule has 1 aromatic carbocycles. The molecule has 1 heterocycles. The van der Waals surface area contributed by atoms with Crippen LogP contribution in [0, 0.1) is 11.6 Å². The van der Waals surface area contributed by atoms with Crippen LogP contribution in [0.4, 0.5) is 22.0 Å². The highest BCUT2D eigenvalue weighted by Gasteiger charge is 2.40. The summed E-state index contributed by atoms with van der Waals surface area (Å²) in [7, 11) is 0. The largest absolute Gasteiger partial charge is 0.456 e. The number of aromatic amines is 1. The Morgan fingerprint density at radius 2 is 1.65 bits per heavy atom. The molecule has 0 bridgehead atoms. The number of nitrogens with one attached hydrogen (secondary N) is 1. The Morgan fingerprint density at radius 1 is 1.10 bits per heavy atom. The van der Waals surface area contributed by atoms with Crippen molar-refractivity contribution < 1.29 is 26.7 Å². The summed E-state index contributed by atoms with van der Waals surface area (Å²) in [5.41, 5.74) is -0.819. The first kappa shape index (κ1) is 14.5. The Morgan fingerprint density at radius 3 is 2.15 bits per heavy atom. The molecule has 0 aliphatic heterocycles. The SMILES string of the molecule is O=C(c1ccc(-c2cc(F)c(Cl)c(F)c2)[nH]1)C(F)(F)F. The Bertz CT molecular complexity index is 654. The number of rotatable bonds is 2. The van der Waals surface area contributed by atoms with Crippen molar-refractivity contribution in [3.05, 3.63) is 46.6 Å². The van der Waals surface area contributed by atoms with Crippen LogP contribution in [0.1, 0.15) is 10.5 Å². The Hall–Kier alpha value is -1.89. The molecule has 0 saturated carbocycles. The van der Waals surface area contributed by atoms with E-state index in [1.165, 1.54) is 0 Å². The van der Waals surface area contributed by atoms with Crippen molar-refractivity contribution in [2.45, 2.75) is 6.18 Å². The molecule has 0 aliphatic carbocycles. The molecule has 0 atom stereocenters. The second kappa shape index (κ2) is 4.90. The normalized spacial score (nSPS) is 11.7. The highest BCUT2D eigenvalue weighted by Crippen LogP contribution is 2.28. The summed E-state index contributed by atoms with van der Waals surface area (Å²) in [5.74, 6) is -4.18. The fourth-order valence-electron chi connectivity index (χ4n) is 1.56. The lowest BCUT2D eigenvalue weighted by atomic mass is 10.1. The molecule has 0 aliphatic rings. The van der Waals surface area contributed by atoms with Crippen LogP contribution in [-0.4, -0.2) is 16.9 Å². The molecule has 2 nitrogen and oxygen atoms in total. The van der Waals surface area contributed by atoms with Crippen molar-refractivity contribution in [2.24, 2.45) is 0 Å². The molecule has 1 aromatic heterocycles. The molecule has 106 valence electrons. The lowest BCUT2D eigenvalue weighted by molar-refractivity contribution is -0.0887. The number of H-pyrrole nitrogens is 1. The second-order valence-corrected chi connectivity index (χ2v) is 4.24. The second-order valence-electron chi connectivity index (χ2n) is 3.87. The maximum atomic E-state index is 13.2. The molecule has 0 amide bonds. The van der Waals surface area contributed by atoms with Gasteiger partial charge in [0.2, 0.25) is 0 Å². The smallest absolute Gasteiger partial charge is 0.352 e. The van der Waals surface area contributed by atoms with Crippen molar-refractivity contribution in [3.8, 4) is 11.3 Å². The van der Waals surface area contributed by atoms with Gasteiger partial charge in [-0.25, -0.2) is 8.78 Å². The maximum Gasteiger partial charge on any atom is 0.456 e. The average molecular weight is 310 g/mol. The third-order valence-electron chi connectivity index (χ3n) is 2.48. The fraction of sp³-hybridized carbons (Fsp3) is 0.0833. The van der Waals surface area contributed by atoms with Crippen LogP contribution in [0.5, 0.6) is 0 Å². The van der Waals surface area contributed by atoms with Crippen LogP contribution in [0.3, 0.4) is 0 Å². The van der Waals surface area contributed by atoms with Gasteiger partial charge in [0.05, 0.1) is 5.69 Å². The van der Waals surface area contributed by atoms with Crippen molar-refractivity contribution in [2.75, 3.05) is 0 Å². The number of carbonyl (C=O) groups excluding carboxylic acids is 1. The monoisotopic (exact) mass is 309 g/mol. The molecule has 2 aromatic rings. The lowest BCUT2D eigenvalue weighted by Gasteiger charge is -2.04. The van der Waals surface area contributed by atoms with Crippen LogP contribution in [0.25, 0.3) is 11.3 Å². The highest BCUT2D eigenvalue weighted by molar-refractivity contribution is 6.31. The Labute approximate surface area is 114 Å². The number of halogens is 6. The first-order valence-electron chi connectivity index (χ1n) is 5.15. The van der Waals surface area contributed by atoms with E-state index < -0.39 is 34.3 Å². The van der Waals surface area contributed by atoms with Crippen LogP contribution < -0.4 is 0 Å². The maximum absolute atomic E-state index is 13.2. The van der Waals surface area contributed by atoms with Gasteiger partial charge in [-0.3, -0.25) is 4.79 Å². The zero-order valence-electron chi connectivity index (χ0n) is 9.49. The van der Waals surface area contributed by atoms with Gasteiger partial charge >= 0.3 is 6.18 Å². The minimum Gasteiger partial charge on any atom is -0.352 e. The molecule has 20 heavy (non-hydrogen) atoms. The van der Waals surface area contributed by atoms with Gasteiger partial charge in [-0.2, -0.15) is 13.2 Å². The van der Waals surface area contributed by atoms with Crippen molar-refractivity contribution in [1.82, 2.24) is 4.98 Å². The minimum absolute atomic E-state index is 0.0351. The van der Waals surface area contributed by atoms with Crippen LogP contribution in [-0.2, 0) is 0 Å². The molecule has 0 saturated heterocycles. The Balaban J connectivity index is 2.42. The molecule has 0 spiro atoms. The fourth-order valence-corrected chi connectivity index (χ4v) is 1.67. The van der Waals surface area contributed by atoms with Crippen molar-refractivity contribution in [3.63, 3.8) is 0 Å². The van der Waals surface area contributed by atoms with E-state index in [2.05, 4.69) is 4.98 Å². The number of alkyl halides is 3. The number of hydrogen-bond donors (Lipinski definition) is 1. The summed E-state index contributed by atoms with van der Waals surface area (Å²) in [6.07, 6.45) is -5.03. The zero-order chi connectivity index (χ0) is 15.1. The molecule has 0 fully saturated rings. The van der Waals surface area contributed by atoms with E-state index in [9.17, 15) is 26.7 Å². The number of carbonyl (C=O) groups is 1. The van der Waals surface area contributed by atoms with Crippen LogP contribution >= 0.6 is 11.6 Å². The molecular formula is C12H5ClF5NO. The van der Waals surface area contributed by atoms with Gasteiger partial charge < -0.3 is 4.98 Å². The van der Waals surface area contributed by atoms with E-state index in [1.54, 1.807) is 0 Å². The molecule has 0 unspecified atom stereocenters. The van der Waals surface area contributed by atoms with E-state index in [-0.39, 0.29) is 11.3 Å². The zero-order valence-corrected chi connectivity index (χ0v) is 10.2. The number of aromatic nitrogens is 1. The average Bonchev–Trinajstić information content (AvgIpc) is 2.82. The lowest BCUT2D eigenvalue weighted by Crippen LogP contribution is -2.22. The van der Waals surface area contributed by atoms with Crippen molar-refractivity contribution >= 4 is 17.4 Å². The number of hydrogen-bond acceptors (Lipinski definition) is 1. The molecule has 1 N–H and O–H groups in total. The molecular weight excluding hydrogens is 305 g/mol. The molecule has 8 heteroatoms. The molecule has 0 radical (unpaired) electrons. The first-order chi connectivity index (χ1) is 9.20. The summed E-state index contributed by atoms with van der Waals surface area (Å²) < 4.78 is 63.2. The predicted molar refractivity (Wildman–Crippen MR) is 61.5 cm³/mol. The van der Waals surface area contributed by atoms with E-state index >= 15 is 0 Å². The van der Waals surface area contributed by atoms with Gasteiger partial charge in [0.1, 0.15) is 16.7 Å². The van der Waals surface area contributed by atoms with E-state index in [0.717, 1.165) is 24.3 Å². The summed E-state index contributed by atoms with van der Waals surface area (Å²) in [5, 5.41) is -0.716. The van der Waals surface area contributed by atoms with Gasteiger partial charge in [-0.1, -0.05) is 11.6 Å². The van der Waals surface area contributed by atoms with E-state index in [0.29, 0.717) is 0 Å². The van der Waals surface area contributed by atoms with Crippen LogP contribution in [0.15, 0.2) is 24.3 Å². The number of benzene rings is 1. The topological polar surface area (TPSA) is 32.9 Å². The van der Waals surface area contributed by atoms with Crippen LogP contribution in [0.2, 0.25) is 5.02 Å². The first-order valence-corrected chi connectivity index (χ1v) is 5.53. The third kappa shape index (κ3) is 2.67. The van der Waals surface area contributed by atoms with Gasteiger partial charge in [0.15, 0.2) is 0 Å². The standard InChI is InChI=1S/C12H5ClF5NO/c13-10-6(14)3-5(4-7(10)15)8-1-2-9(19-8)11(20)12(16,17)18/h1-4,19H. The molecule has 2 rings (SSSR count). The van der Waals surface area contributed by atoms with E-state index in [4.69, 9.17) is 11.6 Å². The van der Waals surface area contributed by atoms with Gasteiger partial charge in [-0.05, 0) is 24.3 Å². The Kier molecular flexibility index (Phi) is 3.56. The highest BCUT2D eigenvalue weighted by atomic mass is 35.5. The number of ketones is 1. The van der Waals surface area contributed by atoms with Gasteiger partial charge in [0.25, 0.3) is 5.78 Å². The minimum atomic E-state index is -5.03. The predicted octanol–water partition coefficient (Wildman–Crippen LogP) is 4.36. The summed E-state index contributed by atoms with van der Waals surface area (Å²) in [6.45, 7) is 0. The van der Waals surface area contributed by atoms with E-state index in [1.807, 2.05) is 0 Å². The summed E-state index contributed by atoms with van der Waals surface area (Å²) >= 11 is 5.29. The van der Waals surface area contributed by atoms with Crippen molar-refractivity contribution in [1.29, 1.82) is 0 Å². The summed E-state index contributed by atoms with van der Waals surface area (Å²) in [4.78, 5) is 13.1. The van der Waals surface area contributed by atoms with Gasteiger partial charge in [-0.15, -0.1) is 0 Å². The quantitative estimate of drug-likeness (QED) is 0.499. The summed E-state index contributed by atoms with van der Waals surface area (Å²) in [6, 6.07) is 3.69. The number of Topliss-reactive ketones (excluding diaryl/α,β-unsaturated/α-hetero) is 1. The van der Waals surface area contributed by atoms with Gasteiger partial charge in [0, 0.05) is 11.3 Å². The third-order valence-corrected chi connectivity index (χ3v) is 2.84.